The Bertz CT molecular complexity index is 703. The third-order valence-electron chi connectivity index (χ3n) is 2.99. The summed E-state index contributed by atoms with van der Waals surface area (Å²) in [6.45, 7) is 1.74. The van der Waals surface area contributed by atoms with Crippen molar-refractivity contribution >= 4 is 29.3 Å². The van der Waals surface area contributed by atoms with Crippen LogP contribution in [0.1, 0.15) is 28.9 Å². The van der Waals surface area contributed by atoms with Crippen LogP contribution < -0.4 is 11.1 Å². The molecule has 22 heavy (non-hydrogen) atoms. The maximum absolute atomic E-state index is 12.2. The van der Waals surface area contributed by atoms with Crippen molar-refractivity contribution in [2.45, 2.75) is 13.0 Å². The van der Waals surface area contributed by atoms with E-state index >= 15 is 0 Å². The zero-order chi connectivity index (χ0) is 16.1. The lowest BCUT2D eigenvalue weighted by Crippen LogP contribution is -2.19. The van der Waals surface area contributed by atoms with Crippen molar-refractivity contribution in [2.24, 2.45) is 5.73 Å². The van der Waals surface area contributed by atoms with E-state index in [1.165, 1.54) is 6.07 Å². The normalized spacial score (nSPS) is 11.5. The summed E-state index contributed by atoms with van der Waals surface area (Å²) >= 11 is 6.08. The second-order valence-corrected chi connectivity index (χ2v) is 5.05. The lowest BCUT2D eigenvalue weighted by atomic mass is 10.1. The number of nitrogens with one attached hydrogen (secondary N) is 1. The molecule has 0 bridgehead atoms. The average molecular weight is 319 g/mol. The summed E-state index contributed by atoms with van der Waals surface area (Å²) in [5.74, 6) is -0.513. The number of primary amides is 1. The van der Waals surface area contributed by atoms with E-state index < -0.39 is 18.1 Å². The largest absolute Gasteiger partial charge is 0.454 e. The van der Waals surface area contributed by atoms with Crippen LogP contribution in [-0.4, -0.2) is 12.0 Å². The van der Waals surface area contributed by atoms with Crippen LogP contribution in [0, 0.1) is 0 Å². The molecular weight excluding hydrogens is 304 g/mol. The smallest absolute Gasteiger partial charge is 0.338 e. The van der Waals surface area contributed by atoms with Crippen molar-refractivity contribution in [3.05, 3.63) is 64.7 Å². The zero-order valence-corrected chi connectivity index (χ0v) is 12.6. The molecule has 3 N–H and O–H groups in total. The molecule has 0 aromatic heterocycles. The van der Waals surface area contributed by atoms with E-state index in [9.17, 15) is 9.59 Å². The van der Waals surface area contributed by atoms with Gasteiger partial charge in [-0.05, 0) is 31.2 Å². The highest BCUT2D eigenvalue weighted by Gasteiger charge is 2.16. The number of nitrogens with two attached hydrogens (primary N) is 1. The number of esters is 1. The molecule has 2 aromatic carbocycles. The highest BCUT2D eigenvalue weighted by molar-refractivity contribution is 6.31. The van der Waals surface area contributed by atoms with E-state index in [4.69, 9.17) is 22.1 Å². The molecule has 0 spiro atoms. The molecule has 2 amide bonds. The number of carbonyl (C=O) groups excluding carboxylic acids is 2. The molecule has 0 saturated carbocycles. The number of benzene rings is 2. The van der Waals surface area contributed by atoms with Gasteiger partial charge in [-0.3, -0.25) is 0 Å². The molecular formula is C16H15ClN2O3. The summed E-state index contributed by atoms with van der Waals surface area (Å²) < 4.78 is 5.40. The first-order chi connectivity index (χ1) is 10.5. The Morgan fingerprint density at radius 2 is 1.91 bits per heavy atom. The van der Waals surface area contributed by atoms with Gasteiger partial charge in [0.25, 0.3) is 0 Å². The topological polar surface area (TPSA) is 81.4 Å². The third-order valence-corrected chi connectivity index (χ3v) is 3.34. The van der Waals surface area contributed by atoms with E-state index in [-0.39, 0.29) is 0 Å². The molecule has 0 unspecified atom stereocenters. The van der Waals surface area contributed by atoms with Crippen molar-refractivity contribution in [1.82, 2.24) is 0 Å². The maximum Gasteiger partial charge on any atom is 0.338 e. The van der Waals surface area contributed by atoms with Gasteiger partial charge in [0.15, 0.2) is 0 Å². The number of rotatable bonds is 4. The quantitative estimate of drug-likeness (QED) is 0.842. The fourth-order valence-corrected chi connectivity index (χ4v) is 2.25. The van der Waals surface area contributed by atoms with Crippen LogP contribution in [-0.2, 0) is 4.74 Å². The highest BCUT2D eigenvalue weighted by atomic mass is 35.5. The first-order valence-electron chi connectivity index (χ1n) is 6.59. The summed E-state index contributed by atoms with van der Waals surface area (Å²) in [5.41, 5.74) is 6.50. The number of amides is 2. The van der Waals surface area contributed by atoms with Crippen molar-refractivity contribution in [3.8, 4) is 0 Å². The zero-order valence-electron chi connectivity index (χ0n) is 11.9. The lowest BCUT2D eigenvalue weighted by Gasteiger charge is -2.15. The number of urea groups is 1. The molecule has 0 heterocycles. The van der Waals surface area contributed by atoms with Gasteiger partial charge in [0.05, 0.1) is 5.56 Å². The third kappa shape index (κ3) is 3.99. The van der Waals surface area contributed by atoms with Crippen LogP contribution in [0.5, 0.6) is 0 Å². The lowest BCUT2D eigenvalue weighted by molar-refractivity contribution is 0.0338. The summed E-state index contributed by atoms with van der Waals surface area (Å²) in [4.78, 5) is 23.0. The summed E-state index contributed by atoms with van der Waals surface area (Å²) in [5, 5.41) is 2.94. The number of halogens is 1. The minimum atomic E-state index is -0.699. The summed E-state index contributed by atoms with van der Waals surface area (Å²) in [6.07, 6.45) is -0.492. The van der Waals surface area contributed by atoms with Crippen molar-refractivity contribution < 1.29 is 14.3 Å². The minimum absolute atomic E-state index is 0.310. The van der Waals surface area contributed by atoms with Crippen LogP contribution in [0.3, 0.4) is 0 Å². The van der Waals surface area contributed by atoms with Gasteiger partial charge in [-0.1, -0.05) is 35.9 Å². The maximum atomic E-state index is 12.2. The van der Waals surface area contributed by atoms with E-state index in [1.54, 1.807) is 43.3 Å². The second kappa shape index (κ2) is 6.95. The molecule has 0 radical (unpaired) electrons. The highest BCUT2D eigenvalue weighted by Crippen LogP contribution is 2.26. The molecule has 6 heteroatoms. The summed E-state index contributed by atoms with van der Waals surface area (Å²) in [6, 6.07) is 12.8. The van der Waals surface area contributed by atoms with E-state index in [2.05, 4.69) is 5.32 Å². The monoisotopic (exact) mass is 318 g/mol. The number of hydrogen-bond acceptors (Lipinski definition) is 3. The molecule has 2 aromatic rings. The fourth-order valence-electron chi connectivity index (χ4n) is 1.96. The predicted molar refractivity (Wildman–Crippen MR) is 84.9 cm³/mol. The predicted octanol–water partition coefficient (Wildman–Crippen LogP) is 3.75. The second-order valence-electron chi connectivity index (χ2n) is 4.64. The number of ether oxygens (including phenoxy) is 1. The van der Waals surface area contributed by atoms with Crippen LogP contribution in [0.15, 0.2) is 48.5 Å². The van der Waals surface area contributed by atoms with Gasteiger partial charge in [0.2, 0.25) is 0 Å². The van der Waals surface area contributed by atoms with Crippen molar-refractivity contribution in [2.75, 3.05) is 5.32 Å². The van der Waals surface area contributed by atoms with E-state index in [0.717, 1.165) is 5.56 Å². The van der Waals surface area contributed by atoms with Gasteiger partial charge in [-0.25, -0.2) is 9.59 Å². The first kappa shape index (κ1) is 15.9. The number of carbonyl (C=O) groups is 2. The Balaban J connectivity index is 2.12. The van der Waals surface area contributed by atoms with Crippen LogP contribution in [0.25, 0.3) is 0 Å². The molecule has 2 rings (SSSR count). The van der Waals surface area contributed by atoms with Gasteiger partial charge >= 0.3 is 12.0 Å². The standard InChI is InChI=1S/C16H15ClN2O3/c1-10(13-7-2-3-8-14(13)17)22-15(20)11-5-4-6-12(9-11)19-16(18)21/h2-10H,1H3,(H3,18,19,21)/t10-/m1/s1. The number of anilines is 1. The fraction of sp³-hybridized carbons (Fsp3) is 0.125. The molecule has 0 saturated heterocycles. The van der Waals surface area contributed by atoms with Crippen LogP contribution >= 0.6 is 11.6 Å². The van der Waals surface area contributed by atoms with Crippen LogP contribution in [0.2, 0.25) is 5.02 Å². The molecule has 0 fully saturated rings. The van der Waals surface area contributed by atoms with Crippen LogP contribution in [0.4, 0.5) is 10.5 Å². The molecule has 0 aliphatic heterocycles. The molecule has 0 aliphatic rings. The first-order valence-corrected chi connectivity index (χ1v) is 6.97. The van der Waals surface area contributed by atoms with Gasteiger partial charge in [-0.15, -0.1) is 0 Å². The average Bonchev–Trinajstić information content (AvgIpc) is 2.47. The summed E-state index contributed by atoms with van der Waals surface area (Å²) in [7, 11) is 0. The SMILES string of the molecule is C[C@@H](OC(=O)c1cccc(NC(N)=O)c1)c1ccccc1Cl. The minimum Gasteiger partial charge on any atom is -0.454 e. The van der Waals surface area contributed by atoms with Gasteiger partial charge in [0.1, 0.15) is 6.10 Å². The van der Waals surface area contributed by atoms with Gasteiger partial charge in [-0.2, -0.15) is 0 Å². The Labute approximate surface area is 133 Å². The van der Waals surface area contributed by atoms with Gasteiger partial charge < -0.3 is 15.8 Å². The Morgan fingerprint density at radius 3 is 2.59 bits per heavy atom. The van der Waals surface area contributed by atoms with Crippen molar-refractivity contribution in [1.29, 1.82) is 0 Å². The molecule has 0 aliphatic carbocycles. The van der Waals surface area contributed by atoms with Gasteiger partial charge in [0, 0.05) is 16.3 Å². The van der Waals surface area contributed by atoms with E-state index in [1.807, 2.05) is 6.07 Å². The molecule has 1 atom stereocenters. The van der Waals surface area contributed by atoms with Crippen molar-refractivity contribution in [3.63, 3.8) is 0 Å². The Morgan fingerprint density at radius 1 is 1.18 bits per heavy atom. The Kier molecular flexibility index (Phi) is 5.01. The Hall–Kier alpha value is -2.53. The number of hydrogen-bond donors (Lipinski definition) is 2. The molecule has 5 nitrogen and oxygen atoms in total. The van der Waals surface area contributed by atoms with E-state index in [0.29, 0.717) is 16.3 Å². The molecule has 114 valence electrons.